The van der Waals surface area contributed by atoms with Gasteiger partial charge in [-0.1, -0.05) is 47.5 Å². The molecule has 3 rings (SSSR count). The summed E-state index contributed by atoms with van der Waals surface area (Å²) in [5.74, 6) is 0.192. The first-order valence-corrected chi connectivity index (χ1v) is 7.08. The number of carbonyl (C=O) groups excluding carboxylic acids is 1. The molecule has 0 aliphatic rings. The normalized spacial score (nSPS) is 10.8. The predicted octanol–water partition coefficient (Wildman–Crippen LogP) is 4.74. The van der Waals surface area contributed by atoms with Gasteiger partial charge in [-0.3, -0.25) is 4.79 Å². The number of aromatic nitrogens is 1. The van der Waals surface area contributed by atoms with Crippen molar-refractivity contribution in [2.45, 2.75) is 0 Å². The Morgan fingerprint density at radius 3 is 2.52 bits per heavy atom. The van der Waals surface area contributed by atoms with Crippen LogP contribution in [0.2, 0.25) is 10.0 Å². The van der Waals surface area contributed by atoms with E-state index in [1.54, 1.807) is 24.4 Å². The van der Waals surface area contributed by atoms with E-state index in [1.807, 2.05) is 24.3 Å². The Morgan fingerprint density at radius 1 is 1.05 bits per heavy atom. The number of hydrogen-bond acceptors (Lipinski definition) is 2. The van der Waals surface area contributed by atoms with Crippen molar-refractivity contribution in [1.82, 2.24) is 4.98 Å². The highest BCUT2D eigenvalue weighted by molar-refractivity contribution is 6.37. The third-order valence-electron chi connectivity index (χ3n) is 3.16. The van der Waals surface area contributed by atoms with E-state index in [1.165, 1.54) is 0 Å². The van der Waals surface area contributed by atoms with Crippen molar-refractivity contribution in [3.8, 4) is 5.75 Å². The Kier molecular flexibility index (Phi) is 3.86. The van der Waals surface area contributed by atoms with Gasteiger partial charge in [-0.05, 0) is 18.2 Å². The Labute approximate surface area is 131 Å². The molecule has 3 aromatic rings. The van der Waals surface area contributed by atoms with Crippen LogP contribution in [0.5, 0.6) is 5.75 Å². The smallest absolute Gasteiger partial charge is 0.202 e. The molecule has 5 heteroatoms. The number of carbonyl (C=O) groups is 1. The molecule has 1 heterocycles. The van der Waals surface area contributed by atoms with Crippen molar-refractivity contribution in [3.05, 3.63) is 64.3 Å². The number of benzene rings is 2. The van der Waals surface area contributed by atoms with Crippen molar-refractivity contribution < 1.29 is 9.53 Å². The fourth-order valence-corrected chi connectivity index (χ4v) is 2.64. The van der Waals surface area contributed by atoms with Crippen LogP contribution in [0.25, 0.3) is 10.9 Å². The summed E-state index contributed by atoms with van der Waals surface area (Å²) in [6.45, 7) is -0.120. The van der Waals surface area contributed by atoms with Gasteiger partial charge in [-0.2, -0.15) is 0 Å². The highest BCUT2D eigenvalue weighted by atomic mass is 35.5. The quantitative estimate of drug-likeness (QED) is 0.706. The maximum absolute atomic E-state index is 12.3. The van der Waals surface area contributed by atoms with Crippen LogP contribution in [0.15, 0.2) is 48.7 Å². The molecule has 0 saturated heterocycles. The SMILES string of the molecule is O=C(COc1c(Cl)cccc1Cl)c1c[nH]c2ccccc12. The topological polar surface area (TPSA) is 42.1 Å². The Hall–Kier alpha value is -1.97. The number of nitrogens with one attached hydrogen (secondary N) is 1. The van der Waals surface area contributed by atoms with E-state index in [2.05, 4.69) is 4.98 Å². The summed E-state index contributed by atoms with van der Waals surface area (Å²) in [7, 11) is 0. The van der Waals surface area contributed by atoms with Crippen LogP contribution < -0.4 is 4.74 Å². The lowest BCUT2D eigenvalue weighted by Crippen LogP contribution is -2.11. The second-order valence-corrected chi connectivity index (χ2v) is 5.32. The summed E-state index contributed by atoms with van der Waals surface area (Å²) in [5.41, 5.74) is 1.51. The zero-order valence-electron chi connectivity index (χ0n) is 10.9. The lowest BCUT2D eigenvalue weighted by Gasteiger charge is -2.08. The minimum absolute atomic E-state index is 0.120. The molecule has 0 radical (unpaired) electrons. The van der Waals surface area contributed by atoms with E-state index in [0.29, 0.717) is 21.4 Å². The van der Waals surface area contributed by atoms with E-state index < -0.39 is 0 Å². The molecule has 2 aromatic carbocycles. The zero-order chi connectivity index (χ0) is 14.8. The molecule has 1 N–H and O–H groups in total. The van der Waals surface area contributed by atoms with Gasteiger partial charge in [0.1, 0.15) is 0 Å². The van der Waals surface area contributed by atoms with Crippen LogP contribution in [-0.4, -0.2) is 17.4 Å². The van der Waals surface area contributed by atoms with Crippen LogP contribution in [0.1, 0.15) is 10.4 Å². The molecule has 3 nitrogen and oxygen atoms in total. The number of rotatable bonds is 4. The van der Waals surface area contributed by atoms with Crippen LogP contribution in [0, 0.1) is 0 Å². The number of halogens is 2. The summed E-state index contributed by atoms with van der Waals surface area (Å²) < 4.78 is 5.47. The van der Waals surface area contributed by atoms with Crippen LogP contribution in [-0.2, 0) is 0 Å². The first kappa shape index (κ1) is 14.0. The van der Waals surface area contributed by atoms with Gasteiger partial charge in [0.05, 0.1) is 10.0 Å². The number of H-pyrrole nitrogens is 1. The van der Waals surface area contributed by atoms with Gasteiger partial charge >= 0.3 is 0 Å². The summed E-state index contributed by atoms with van der Waals surface area (Å²) in [6.07, 6.45) is 1.69. The van der Waals surface area contributed by atoms with Gasteiger partial charge in [-0.15, -0.1) is 0 Å². The second kappa shape index (κ2) is 5.80. The number of Topliss-reactive ketones (excluding diaryl/α,β-unsaturated/α-hetero) is 1. The standard InChI is InChI=1S/C16H11Cl2NO2/c17-12-5-3-6-13(18)16(12)21-9-15(20)11-8-19-14-7-2-1-4-10(11)14/h1-8,19H,9H2. The highest BCUT2D eigenvalue weighted by Gasteiger charge is 2.14. The first-order valence-electron chi connectivity index (χ1n) is 6.33. The summed E-state index contributed by atoms with van der Waals surface area (Å²) in [4.78, 5) is 15.3. The Bertz CT molecular complexity index is 791. The fraction of sp³-hybridized carbons (Fsp3) is 0.0625. The third-order valence-corrected chi connectivity index (χ3v) is 3.75. The molecule has 1 aromatic heterocycles. The predicted molar refractivity (Wildman–Crippen MR) is 84.6 cm³/mol. The van der Waals surface area contributed by atoms with E-state index in [9.17, 15) is 4.79 Å². The lowest BCUT2D eigenvalue weighted by molar-refractivity contribution is 0.0923. The van der Waals surface area contributed by atoms with E-state index in [-0.39, 0.29) is 12.4 Å². The number of aromatic amines is 1. The van der Waals surface area contributed by atoms with Gasteiger partial charge in [0.15, 0.2) is 12.4 Å². The molecule has 0 aliphatic carbocycles. The average molecular weight is 320 g/mol. The molecular formula is C16H11Cl2NO2. The van der Waals surface area contributed by atoms with Crippen LogP contribution >= 0.6 is 23.2 Å². The van der Waals surface area contributed by atoms with Crippen molar-refractivity contribution in [3.63, 3.8) is 0 Å². The fourth-order valence-electron chi connectivity index (χ4n) is 2.14. The zero-order valence-corrected chi connectivity index (χ0v) is 12.4. The third kappa shape index (κ3) is 2.75. The molecule has 0 fully saturated rings. The summed E-state index contributed by atoms with van der Waals surface area (Å²) in [6, 6.07) is 12.7. The maximum atomic E-state index is 12.3. The molecule has 0 spiro atoms. The van der Waals surface area contributed by atoms with Gasteiger partial charge in [0.2, 0.25) is 5.78 Å². The molecule has 0 bridgehead atoms. The maximum Gasteiger partial charge on any atom is 0.202 e. The van der Waals surface area contributed by atoms with Crippen LogP contribution in [0.4, 0.5) is 0 Å². The molecule has 0 aliphatic heterocycles. The molecule has 0 atom stereocenters. The van der Waals surface area contributed by atoms with Gasteiger partial charge in [0, 0.05) is 22.7 Å². The highest BCUT2D eigenvalue weighted by Crippen LogP contribution is 2.32. The van der Waals surface area contributed by atoms with Gasteiger partial charge in [0.25, 0.3) is 0 Å². The molecular weight excluding hydrogens is 309 g/mol. The van der Waals surface area contributed by atoms with Gasteiger partial charge in [-0.25, -0.2) is 0 Å². The van der Waals surface area contributed by atoms with Crippen LogP contribution in [0.3, 0.4) is 0 Å². The lowest BCUT2D eigenvalue weighted by atomic mass is 10.1. The second-order valence-electron chi connectivity index (χ2n) is 4.51. The number of fused-ring (bicyclic) bond motifs is 1. The summed E-state index contributed by atoms with van der Waals surface area (Å²) in [5, 5.41) is 1.64. The first-order chi connectivity index (χ1) is 10.2. The van der Waals surface area contributed by atoms with E-state index in [0.717, 1.165) is 10.9 Å². The Balaban J connectivity index is 1.81. The molecule has 0 unspecified atom stereocenters. The number of ether oxygens (including phenoxy) is 1. The number of para-hydroxylation sites is 2. The minimum Gasteiger partial charge on any atom is -0.482 e. The van der Waals surface area contributed by atoms with Gasteiger partial charge < -0.3 is 9.72 Å². The molecule has 0 amide bonds. The van der Waals surface area contributed by atoms with E-state index >= 15 is 0 Å². The van der Waals surface area contributed by atoms with Crippen molar-refractivity contribution in [2.24, 2.45) is 0 Å². The average Bonchev–Trinajstić information content (AvgIpc) is 2.90. The monoisotopic (exact) mass is 319 g/mol. The molecule has 21 heavy (non-hydrogen) atoms. The van der Waals surface area contributed by atoms with Crippen molar-refractivity contribution >= 4 is 39.9 Å². The largest absolute Gasteiger partial charge is 0.482 e. The van der Waals surface area contributed by atoms with E-state index in [4.69, 9.17) is 27.9 Å². The van der Waals surface area contributed by atoms with Crippen molar-refractivity contribution in [2.75, 3.05) is 6.61 Å². The Morgan fingerprint density at radius 2 is 1.76 bits per heavy atom. The van der Waals surface area contributed by atoms with Crippen molar-refractivity contribution in [1.29, 1.82) is 0 Å². The molecule has 0 saturated carbocycles. The number of hydrogen-bond donors (Lipinski definition) is 1. The number of ketones is 1. The summed E-state index contributed by atoms with van der Waals surface area (Å²) >= 11 is 12.0. The molecule has 106 valence electrons. The minimum atomic E-state index is -0.136.